The molecular formula is C60H74Cl4N12O12. The number of benzene rings is 4. The van der Waals surface area contributed by atoms with Crippen molar-refractivity contribution in [3.8, 4) is 22.8 Å². The highest BCUT2D eigenvalue weighted by Crippen LogP contribution is 2.41. The average Bonchev–Trinajstić information content (AvgIpc) is 2.13. The number of nitrogens with one attached hydrogen (secondary N) is 6. The van der Waals surface area contributed by atoms with Crippen molar-refractivity contribution in [3.63, 3.8) is 0 Å². The van der Waals surface area contributed by atoms with E-state index in [-0.39, 0.29) is 70.9 Å². The molecule has 24 nitrogen and oxygen atoms in total. The number of ether oxygens (including phenoxy) is 6. The van der Waals surface area contributed by atoms with E-state index in [4.69, 9.17) is 74.8 Å². The second-order valence-electron chi connectivity index (χ2n) is 21.3. The van der Waals surface area contributed by atoms with E-state index in [1.807, 2.05) is 36.4 Å². The van der Waals surface area contributed by atoms with Crippen LogP contribution in [0, 0.1) is 0 Å². The van der Waals surface area contributed by atoms with Crippen molar-refractivity contribution in [2.45, 2.75) is 56.1 Å². The van der Waals surface area contributed by atoms with Crippen molar-refractivity contribution in [2.75, 3.05) is 126 Å². The highest BCUT2D eigenvalue weighted by atomic mass is 35.5. The van der Waals surface area contributed by atoms with Crippen LogP contribution in [0.5, 0.6) is 0 Å². The van der Waals surface area contributed by atoms with Crippen LogP contribution in [-0.2, 0) is 63.9 Å². The van der Waals surface area contributed by atoms with E-state index < -0.39 is 36.0 Å². The van der Waals surface area contributed by atoms with Gasteiger partial charge in [-0.25, -0.2) is 19.2 Å². The Hall–Kier alpha value is -6.52. The molecule has 88 heavy (non-hydrogen) atoms. The molecule has 4 heterocycles. The molecular weight excluding hydrogens is 1220 g/mol. The minimum Gasteiger partial charge on any atom is -0.479 e. The Morgan fingerprint density at radius 3 is 1.40 bits per heavy atom. The van der Waals surface area contributed by atoms with Crippen molar-refractivity contribution >= 4 is 70.4 Å². The SMILES string of the molecule is CN1Cc2c(Cl)cc(Cl)cc2[C@H](c2cccc(-c3nnc(CCOCCOCCOCCNC(=O)NCCCC(NC(=O)NCCOCCOCCOCCc4nnc(-c5cccc([C@@H]6CN(C)Cc7c(Cl)cc(Cl)cc76)c5)[nH]4)(C(=O)O)C(=O)O)[nH]3)c2)C1. The number of aliphatic carboxylic acids is 2. The minimum atomic E-state index is -2.65. The smallest absolute Gasteiger partial charge is 0.341 e. The molecule has 4 amide bonds. The Labute approximate surface area is 529 Å². The highest BCUT2D eigenvalue weighted by molar-refractivity contribution is 6.35. The van der Waals surface area contributed by atoms with Crippen molar-refractivity contribution in [1.82, 2.24) is 61.4 Å². The molecule has 0 unspecified atom stereocenters. The first-order valence-corrected chi connectivity index (χ1v) is 30.5. The molecule has 0 saturated carbocycles. The zero-order valence-corrected chi connectivity index (χ0v) is 52.0. The third-order valence-corrected chi connectivity index (χ3v) is 15.9. The van der Waals surface area contributed by atoms with Crippen LogP contribution in [0.2, 0.25) is 20.1 Å². The summed E-state index contributed by atoms with van der Waals surface area (Å²) < 4.78 is 33.6. The topological polar surface area (TPSA) is 302 Å². The zero-order valence-electron chi connectivity index (χ0n) is 49.0. The van der Waals surface area contributed by atoms with Crippen LogP contribution in [0.4, 0.5) is 9.59 Å². The summed E-state index contributed by atoms with van der Waals surface area (Å²) in [5, 5.41) is 49.3. The van der Waals surface area contributed by atoms with Gasteiger partial charge in [-0.2, -0.15) is 0 Å². The lowest BCUT2D eigenvalue weighted by molar-refractivity contribution is -0.158. The fourth-order valence-corrected chi connectivity index (χ4v) is 11.5. The Morgan fingerprint density at radius 2 is 0.955 bits per heavy atom. The molecule has 0 saturated heterocycles. The first-order chi connectivity index (χ1) is 42.6. The molecule has 8 N–H and O–H groups in total. The number of carboxylic acid groups (broad SMARTS) is 2. The molecule has 0 radical (unpaired) electrons. The second kappa shape index (κ2) is 33.9. The summed E-state index contributed by atoms with van der Waals surface area (Å²) in [6.45, 7) is 6.66. The van der Waals surface area contributed by atoms with E-state index in [1.54, 1.807) is 12.1 Å². The number of amides is 4. The van der Waals surface area contributed by atoms with Crippen molar-refractivity contribution in [1.29, 1.82) is 0 Å². The quantitative estimate of drug-likeness (QED) is 0.0144. The van der Waals surface area contributed by atoms with Gasteiger partial charge >= 0.3 is 24.0 Å². The first kappa shape index (κ1) is 67.4. The summed E-state index contributed by atoms with van der Waals surface area (Å²) in [6.07, 6.45) is 0.446. The molecule has 6 aromatic rings. The number of urea groups is 2. The predicted octanol–water partition coefficient (Wildman–Crippen LogP) is 7.20. The van der Waals surface area contributed by atoms with Gasteiger partial charge < -0.3 is 79.7 Å². The van der Waals surface area contributed by atoms with Crippen molar-refractivity contribution < 1.29 is 57.8 Å². The Morgan fingerprint density at radius 1 is 0.545 bits per heavy atom. The van der Waals surface area contributed by atoms with Gasteiger partial charge in [0, 0.05) is 102 Å². The van der Waals surface area contributed by atoms with Gasteiger partial charge in [0.15, 0.2) is 11.6 Å². The number of carbonyl (C=O) groups excluding carboxylic acids is 2. The first-order valence-electron chi connectivity index (χ1n) is 28.9. The van der Waals surface area contributed by atoms with E-state index in [0.717, 1.165) is 70.7 Å². The van der Waals surface area contributed by atoms with Crippen LogP contribution in [0.15, 0.2) is 72.8 Å². The number of carbonyl (C=O) groups is 4. The Kier molecular flexibility index (Phi) is 26.0. The third kappa shape index (κ3) is 19.5. The van der Waals surface area contributed by atoms with Crippen LogP contribution in [0.25, 0.3) is 22.8 Å². The van der Waals surface area contributed by atoms with Gasteiger partial charge in [-0.3, -0.25) is 0 Å². The number of hydrogen-bond acceptors (Lipinski definition) is 16. The fourth-order valence-electron chi connectivity index (χ4n) is 10.4. The standard InChI is InChI=1S/C60H74Cl4N12O12/c1-75-34-46(44-30-42(61)32-50(63)48(44)36-75)38-6-3-8-40(28-38)54-68-52(71-73-54)10-16-83-20-24-87-26-22-85-18-14-66-58(81)65-13-5-12-60(56(77)78,57(79)80)70-59(82)67-15-19-86-23-27-88-25-21-84-17-11-53-69-55(74-72-53)41-9-4-7-39(29-41)47-35-76(2)37-49-45(47)31-43(62)33-51(49)64/h3-4,6-9,28-33,46-47H,5,10-27,34-37H2,1-2H3,(H,77,78)(H,79,80)(H2,65,66,81)(H2,67,70,82)(H,68,71,73)(H,69,72,74)/t46-,47-/m0/s1. The maximum absolute atomic E-state index is 12.6. The number of halogens is 4. The zero-order chi connectivity index (χ0) is 62.4. The Bertz CT molecular complexity index is 3270. The Balaban J connectivity index is 0.600. The van der Waals surface area contributed by atoms with Crippen LogP contribution >= 0.6 is 46.4 Å². The van der Waals surface area contributed by atoms with Gasteiger partial charge in [-0.15, -0.1) is 20.4 Å². The van der Waals surface area contributed by atoms with Crippen molar-refractivity contribution in [2.24, 2.45) is 0 Å². The van der Waals surface area contributed by atoms with Crippen LogP contribution in [0.3, 0.4) is 0 Å². The van der Waals surface area contributed by atoms with E-state index in [1.165, 1.54) is 0 Å². The molecule has 0 fully saturated rings. The van der Waals surface area contributed by atoms with Crippen molar-refractivity contribution in [3.05, 3.63) is 138 Å². The predicted molar refractivity (Wildman–Crippen MR) is 330 cm³/mol. The van der Waals surface area contributed by atoms with Gasteiger partial charge in [0.2, 0.25) is 5.54 Å². The van der Waals surface area contributed by atoms with Crippen LogP contribution in [0.1, 0.15) is 69.7 Å². The molecule has 0 spiro atoms. The van der Waals surface area contributed by atoms with Gasteiger partial charge in [0.05, 0.1) is 79.3 Å². The maximum atomic E-state index is 12.6. The number of likely N-dealkylation sites (N-methyl/N-ethyl adjacent to an activating group) is 2. The number of nitrogens with zero attached hydrogens (tertiary/aromatic N) is 6. The molecule has 2 aliphatic rings. The number of aromatic nitrogens is 6. The van der Waals surface area contributed by atoms with Gasteiger partial charge in [0.1, 0.15) is 11.6 Å². The summed E-state index contributed by atoms with van der Waals surface area (Å²) in [6, 6.07) is 22.5. The largest absolute Gasteiger partial charge is 0.479 e. The number of aromatic amines is 2. The monoisotopic (exact) mass is 1290 g/mol. The summed E-state index contributed by atoms with van der Waals surface area (Å²) in [5.41, 5.74) is 5.88. The van der Waals surface area contributed by atoms with Gasteiger partial charge in [-0.05, 0) is 96.7 Å². The lowest BCUT2D eigenvalue weighted by atomic mass is 9.84. The van der Waals surface area contributed by atoms with Crippen LogP contribution < -0.4 is 21.3 Å². The minimum absolute atomic E-state index is 0.0417. The maximum Gasteiger partial charge on any atom is 0.341 e. The highest BCUT2D eigenvalue weighted by Gasteiger charge is 2.47. The molecule has 2 aromatic heterocycles. The molecule has 474 valence electrons. The third-order valence-electron chi connectivity index (χ3n) is 14.8. The van der Waals surface area contributed by atoms with E-state index in [2.05, 4.69) is 99.8 Å². The summed E-state index contributed by atoms with van der Waals surface area (Å²) in [5.74, 6) is -0.652. The second-order valence-corrected chi connectivity index (χ2v) is 22.9. The molecule has 2 atom stereocenters. The molecule has 2 aliphatic heterocycles. The molecule has 8 rings (SSSR count). The van der Waals surface area contributed by atoms with E-state index >= 15 is 0 Å². The summed E-state index contributed by atoms with van der Waals surface area (Å²) in [4.78, 5) is 60.4. The number of hydrogen-bond donors (Lipinski definition) is 8. The number of rotatable bonds is 35. The fraction of sp³-hybridized carbons (Fsp3) is 0.467. The number of carboxylic acids is 2. The number of H-pyrrole nitrogens is 2. The molecule has 4 aromatic carbocycles. The summed E-state index contributed by atoms with van der Waals surface area (Å²) >= 11 is 26.0. The normalized spacial score (nSPS) is 15.2. The lowest BCUT2D eigenvalue weighted by Gasteiger charge is -2.33. The molecule has 0 bridgehead atoms. The lowest BCUT2D eigenvalue weighted by Crippen LogP contribution is -2.62. The van der Waals surface area contributed by atoms with E-state index in [0.29, 0.717) is 102 Å². The van der Waals surface area contributed by atoms with Gasteiger partial charge in [0.25, 0.3) is 0 Å². The average molecular weight is 1300 g/mol. The molecule has 0 aliphatic carbocycles. The number of fused-ring (bicyclic) bond motifs is 2. The van der Waals surface area contributed by atoms with Crippen LogP contribution in [-0.4, -0.2) is 206 Å². The van der Waals surface area contributed by atoms with E-state index in [9.17, 15) is 29.4 Å². The van der Waals surface area contributed by atoms with Gasteiger partial charge in [-0.1, -0.05) is 82.8 Å². The summed E-state index contributed by atoms with van der Waals surface area (Å²) in [7, 11) is 4.16. The molecule has 28 heteroatoms.